The van der Waals surface area contributed by atoms with Gasteiger partial charge in [-0.1, -0.05) is 30.3 Å². The summed E-state index contributed by atoms with van der Waals surface area (Å²) in [7, 11) is 0. The van der Waals surface area contributed by atoms with E-state index in [1.54, 1.807) is 11.3 Å². The summed E-state index contributed by atoms with van der Waals surface area (Å²) in [6.45, 7) is 0. The van der Waals surface area contributed by atoms with Gasteiger partial charge in [-0.05, 0) is 60.4 Å². The van der Waals surface area contributed by atoms with Gasteiger partial charge < -0.3 is 0 Å². The van der Waals surface area contributed by atoms with Crippen molar-refractivity contribution in [2.45, 2.75) is 25.7 Å². The lowest BCUT2D eigenvalue weighted by Gasteiger charge is -2.16. The summed E-state index contributed by atoms with van der Waals surface area (Å²) < 4.78 is 1.18. The van der Waals surface area contributed by atoms with E-state index in [0.717, 1.165) is 28.7 Å². The molecule has 1 heterocycles. The number of fused-ring (bicyclic) bond motifs is 2. The summed E-state index contributed by atoms with van der Waals surface area (Å²) in [6, 6.07) is 16.4. The number of carbonyl (C=O) groups excluding carboxylic acids is 1. The summed E-state index contributed by atoms with van der Waals surface area (Å²) in [6.07, 6.45) is 4.79. The molecule has 2 heteroatoms. The Hall–Kier alpha value is -1.93. The van der Waals surface area contributed by atoms with Crippen molar-refractivity contribution in [1.29, 1.82) is 0 Å². The highest BCUT2D eigenvalue weighted by Crippen LogP contribution is 2.29. The minimum atomic E-state index is 0.157. The lowest BCUT2D eigenvalue weighted by molar-refractivity contribution is 0.104. The summed E-state index contributed by atoms with van der Waals surface area (Å²) >= 11 is 1.59. The number of benzene rings is 2. The minimum Gasteiger partial charge on any atom is -0.288 e. The number of hydrogen-bond donors (Lipinski definition) is 0. The van der Waals surface area contributed by atoms with Crippen LogP contribution in [-0.4, -0.2) is 5.78 Å². The first kappa shape index (κ1) is 12.8. The van der Waals surface area contributed by atoms with Gasteiger partial charge in [0.2, 0.25) is 5.78 Å². The zero-order chi connectivity index (χ0) is 14.2. The van der Waals surface area contributed by atoms with Gasteiger partial charge in [-0.25, -0.2) is 0 Å². The van der Waals surface area contributed by atoms with E-state index in [2.05, 4.69) is 24.3 Å². The summed E-state index contributed by atoms with van der Waals surface area (Å²) in [5.74, 6) is 0.157. The van der Waals surface area contributed by atoms with E-state index in [0.29, 0.717) is 0 Å². The molecule has 0 radical (unpaired) electrons. The summed E-state index contributed by atoms with van der Waals surface area (Å²) in [5.41, 5.74) is 3.63. The monoisotopic (exact) mass is 292 g/mol. The van der Waals surface area contributed by atoms with Crippen LogP contribution in [0.2, 0.25) is 0 Å². The van der Waals surface area contributed by atoms with Gasteiger partial charge in [0, 0.05) is 10.3 Å². The molecule has 4 rings (SSSR count). The van der Waals surface area contributed by atoms with Crippen molar-refractivity contribution in [3.05, 3.63) is 70.1 Å². The molecule has 0 N–H and O–H groups in total. The average Bonchev–Trinajstić information content (AvgIpc) is 2.97. The van der Waals surface area contributed by atoms with E-state index in [1.165, 1.54) is 28.7 Å². The molecule has 1 aliphatic carbocycles. The Bertz CT molecular complexity index is 795. The molecule has 0 amide bonds. The van der Waals surface area contributed by atoms with E-state index < -0.39 is 0 Å². The van der Waals surface area contributed by atoms with E-state index >= 15 is 0 Å². The summed E-state index contributed by atoms with van der Waals surface area (Å²) in [5, 5.41) is 1.16. The van der Waals surface area contributed by atoms with Crippen LogP contribution in [0.15, 0.2) is 48.5 Å². The highest BCUT2D eigenvalue weighted by molar-refractivity contribution is 7.21. The van der Waals surface area contributed by atoms with E-state index in [9.17, 15) is 4.79 Å². The fourth-order valence-electron chi connectivity index (χ4n) is 3.11. The normalized spacial score (nSPS) is 14.1. The molecule has 1 nitrogen and oxygen atoms in total. The van der Waals surface area contributed by atoms with Gasteiger partial charge in [-0.2, -0.15) is 0 Å². The summed E-state index contributed by atoms with van der Waals surface area (Å²) in [4.78, 5) is 13.6. The Balaban J connectivity index is 1.73. The first-order valence-electron chi connectivity index (χ1n) is 7.46. The molecule has 1 aromatic heterocycles. The van der Waals surface area contributed by atoms with Gasteiger partial charge in [0.05, 0.1) is 4.88 Å². The standard InChI is InChI=1S/C19H16OS/c20-19(18-12-15-7-3-4-8-17(15)21-18)16-10-9-13-5-1-2-6-14(13)11-16/h3-4,7-12H,1-2,5-6H2. The third-order valence-electron chi connectivity index (χ3n) is 4.26. The van der Waals surface area contributed by atoms with Gasteiger partial charge in [-0.3, -0.25) is 4.79 Å². The quantitative estimate of drug-likeness (QED) is 0.607. The van der Waals surface area contributed by atoms with Crippen LogP contribution in [0.1, 0.15) is 39.2 Å². The van der Waals surface area contributed by atoms with Crippen molar-refractivity contribution in [3.8, 4) is 0 Å². The van der Waals surface area contributed by atoms with Crippen LogP contribution >= 0.6 is 11.3 Å². The predicted molar refractivity (Wildman–Crippen MR) is 88.3 cm³/mol. The molecule has 0 saturated carbocycles. The largest absolute Gasteiger partial charge is 0.288 e. The maximum atomic E-state index is 12.7. The number of ketones is 1. The van der Waals surface area contributed by atoms with Gasteiger partial charge in [-0.15, -0.1) is 11.3 Å². The fourth-order valence-corrected chi connectivity index (χ4v) is 4.14. The van der Waals surface area contributed by atoms with Crippen LogP contribution in [0.4, 0.5) is 0 Å². The number of carbonyl (C=O) groups is 1. The predicted octanol–water partition coefficient (Wildman–Crippen LogP) is 5.01. The molecule has 0 aliphatic heterocycles. The van der Waals surface area contributed by atoms with Crippen molar-refractivity contribution in [2.75, 3.05) is 0 Å². The third kappa shape index (κ3) is 2.30. The molecule has 0 unspecified atom stereocenters. The van der Waals surface area contributed by atoms with E-state index in [-0.39, 0.29) is 5.78 Å². The van der Waals surface area contributed by atoms with Gasteiger partial charge >= 0.3 is 0 Å². The van der Waals surface area contributed by atoms with Crippen molar-refractivity contribution in [3.63, 3.8) is 0 Å². The molecular weight excluding hydrogens is 276 g/mol. The molecule has 0 saturated heterocycles. The molecule has 2 aromatic carbocycles. The molecule has 0 atom stereocenters. The van der Waals surface area contributed by atoms with Gasteiger partial charge in [0.1, 0.15) is 0 Å². The molecule has 1 aliphatic rings. The fraction of sp³-hybridized carbons (Fsp3) is 0.211. The van der Waals surface area contributed by atoms with Gasteiger partial charge in [0.15, 0.2) is 0 Å². The van der Waals surface area contributed by atoms with Crippen LogP contribution in [0.5, 0.6) is 0 Å². The van der Waals surface area contributed by atoms with Crippen molar-refractivity contribution < 1.29 is 4.79 Å². The van der Waals surface area contributed by atoms with Crippen LogP contribution in [0.3, 0.4) is 0 Å². The Labute approximate surface area is 128 Å². The first-order valence-corrected chi connectivity index (χ1v) is 8.28. The zero-order valence-corrected chi connectivity index (χ0v) is 12.6. The molecule has 0 spiro atoms. The lowest BCUT2D eigenvalue weighted by atomic mass is 9.89. The van der Waals surface area contributed by atoms with E-state index in [1.807, 2.05) is 24.3 Å². The van der Waals surface area contributed by atoms with Crippen molar-refractivity contribution in [1.82, 2.24) is 0 Å². The maximum absolute atomic E-state index is 12.7. The second-order valence-electron chi connectivity index (χ2n) is 5.67. The van der Waals surface area contributed by atoms with Crippen LogP contribution < -0.4 is 0 Å². The van der Waals surface area contributed by atoms with E-state index in [4.69, 9.17) is 0 Å². The SMILES string of the molecule is O=C(c1ccc2c(c1)CCCC2)c1cc2ccccc2s1. The number of aryl methyl sites for hydroxylation is 2. The topological polar surface area (TPSA) is 17.1 Å². The van der Waals surface area contributed by atoms with Crippen LogP contribution in [-0.2, 0) is 12.8 Å². The Morgan fingerprint density at radius 3 is 2.57 bits per heavy atom. The average molecular weight is 292 g/mol. The smallest absolute Gasteiger partial charge is 0.202 e. The highest BCUT2D eigenvalue weighted by Gasteiger charge is 2.16. The molecule has 0 bridgehead atoms. The molecular formula is C19H16OS. The maximum Gasteiger partial charge on any atom is 0.202 e. The Morgan fingerprint density at radius 2 is 1.71 bits per heavy atom. The molecule has 104 valence electrons. The molecule has 3 aromatic rings. The number of hydrogen-bond acceptors (Lipinski definition) is 2. The second-order valence-corrected chi connectivity index (χ2v) is 6.75. The third-order valence-corrected chi connectivity index (χ3v) is 5.37. The molecule has 0 fully saturated rings. The number of rotatable bonds is 2. The van der Waals surface area contributed by atoms with Crippen LogP contribution in [0.25, 0.3) is 10.1 Å². The van der Waals surface area contributed by atoms with Crippen molar-refractivity contribution in [2.24, 2.45) is 0 Å². The Kier molecular flexibility index (Phi) is 3.12. The zero-order valence-electron chi connectivity index (χ0n) is 11.8. The lowest BCUT2D eigenvalue weighted by Crippen LogP contribution is -2.06. The molecule has 21 heavy (non-hydrogen) atoms. The highest BCUT2D eigenvalue weighted by atomic mass is 32.1. The van der Waals surface area contributed by atoms with Gasteiger partial charge in [0.25, 0.3) is 0 Å². The number of thiophene rings is 1. The second kappa shape index (κ2) is 5.12. The van der Waals surface area contributed by atoms with Crippen molar-refractivity contribution >= 4 is 27.2 Å². The Morgan fingerprint density at radius 1 is 0.905 bits per heavy atom. The van der Waals surface area contributed by atoms with Crippen LogP contribution in [0, 0.1) is 0 Å². The minimum absolute atomic E-state index is 0.157. The first-order chi connectivity index (χ1) is 10.3.